The predicted molar refractivity (Wildman–Crippen MR) is 77.8 cm³/mol. The van der Waals surface area contributed by atoms with Gasteiger partial charge in [-0.1, -0.05) is 12.1 Å². The van der Waals surface area contributed by atoms with Crippen LogP contribution >= 0.6 is 15.9 Å². The van der Waals surface area contributed by atoms with Crippen LogP contribution in [0.15, 0.2) is 45.8 Å². The van der Waals surface area contributed by atoms with E-state index in [0.29, 0.717) is 5.56 Å². The van der Waals surface area contributed by atoms with Crippen molar-refractivity contribution in [3.63, 3.8) is 0 Å². The minimum atomic E-state index is -3.98. The summed E-state index contributed by atoms with van der Waals surface area (Å²) in [5.74, 6) is -0.944. The van der Waals surface area contributed by atoms with E-state index >= 15 is 0 Å². The number of anilines is 1. The van der Waals surface area contributed by atoms with Gasteiger partial charge in [-0.3, -0.25) is 4.72 Å². The Morgan fingerprint density at radius 3 is 2.55 bits per heavy atom. The second-order valence-electron chi connectivity index (χ2n) is 4.15. The van der Waals surface area contributed by atoms with Crippen LogP contribution in [0.4, 0.5) is 10.1 Å². The average molecular weight is 360 g/mol. The molecule has 20 heavy (non-hydrogen) atoms. The number of nitrogens with one attached hydrogen (secondary N) is 1. The van der Waals surface area contributed by atoms with Crippen LogP contribution in [0.2, 0.25) is 0 Å². The minimum absolute atomic E-state index is 0.119. The fourth-order valence-electron chi connectivity index (χ4n) is 1.64. The van der Waals surface area contributed by atoms with Gasteiger partial charge in [0.2, 0.25) is 0 Å². The zero-order chi connectivity index (χ0) is 14.9. The van der Waals surface area contributed by atoms with E-state index in [-0.39, 0.29) is 20.8 Å². The van der Waals surface area contributed by atoms with Crippen LogP contribution in [0, 0.1) is 12.7 Å². The van der Waals surface area contributed by atoms with E-state index < -0.39 is 15.8 Å². The van der Waals surface area contributed by atoms with Gasteiger partial charge in [0.1, 0.15) is 16.5 Å². The quantitative estimate of drug-likeness (QED) is 0.882. The molecule has 0 aliphatic heterocycles. The molecule has 0 amide bonds. The van der Waals surface area contributed by atoms with Crippen LogP contribution < -0.4 is 4.72 Å². The van der Waals surface area contributed by atoms with Gasteiger partial charge in [-0.25, -0.2) is 12.8 Å². The van der Waals surface area contributed by atoms with Gasteiger partial charge in [0, 0.05) is 0 Å². The Morgan fingerprint density at radius 1 is 1.25 bits per heavy atom. The van der Waals surface area contributed by atoms with E-state index in [1.54, 1.807) is 6.92 Å². The first-order chi connectivity index (χ1) is 9.31. The number of phenolic OH excluding ortho intramolecular Hbond substituents is 1. The fourth-order valence-corrected chi connectivity index (χ4v) is 3.32. The molecule has 0 spiro atoms. The summed E-state index contributed by atoms with van der Waals surface area (Å²) in [5, 5.41) is 9.59. The molecule has 0 bridgehead atoms. The molecule has 4 nitrogen and oxygen atoms in total. The Labute approximate surface area is 124 Å². The molecule has 0 atom stereocenters. The van der Waals surface area contributed by atoms with Crippen LogP contribution in [0.3, 0.4) is 0 Å². The SMILES string of the molecule is Cc1cc(Br)c(F)cc1NS(=O)(=O)c1ccccc1O. The maximum atomic E-state index is 13.5. The average Bonchev–Trinajstić information content (AvgIpc) is 2.36. The van der Waals surface area contributed by atoms with E-state index in [0.717, 1.165) is 6.07 Å². The molecule has 2 N–H and O–H groups in total. The molecule has 2 rings (SSSR count). The number of hydrogen-bond acceptors (Lipinski definition) is 3. The van der Waals surface area contributed by atoms with Crippen LogP contribution in [0.5, 0.6) is 5.75 Å². The van der Waals surface area contributed by atoms with Gasteiger partial charge < -0.3 is 5.11 Å². The third-order valence-corrected chi connectivity index (χ3v) is 4.69. The summed E-state index contributed by atoms with van der Waals surface area (Å²) in [7, 11) is -3.98. The molecule has 0 radical (unpaired) electrons. The van der Waals surface area contributed by atoms with Crippen LogP contribution in [0.25, 0.3) is 0 Å². The monoisotopic (exact) mass is 359 g/mol. The molecular weight excluding hydrogens is 349 g/mol. The molecule has 0 aromatic heterocycles. The normalized spacial score (nSPS) is 11.3. The number of sulfonamides is 1. The summed E-state index contributed by atoms with van der Waals surface area (Å²) in [4.78, 5) is -0.261. The molecule has 0 heterocycles. The van der Waals surface area contributed by atoms with Gasteiger partial charge in [0.25, 0.3) is 10.0 Å². The highest BCUT2D eigenvalue weighted by Crippen LogP contribution is 2.28. The first-order valence-electron chi connectivity index (χ1n) is 5.58. The van der Waals surface area contributed by atoms with Crippen molar-refractivity contribution >= 4 is 31.6 Å². The van der Waals surface area contributed by atoms with E-state index in [9.17, 15) is 17.9 Å². The molecule has 2 aromatic carbocycles. The van der Waals surface area contributed by atoms with Crippen molar-refractivity contribution < 1.29 is 17.9 Å². The molecule has 0 unspecified atom stereocenters. The highest BCUT2D eigenvalue weighted by atomic mass is 79.9. The number of hydrogen-bond donors (Lipinski definition) is 2. The molecule has 0 saturated carbocycles. The van der Waals surface area contributed by atoms with Gasteiger partial charge in [-0.15, -0.1) is 0 Å². The summed E-state index contributed by atoms with van der Waals surface area (Å²) >= 11 is 3.02. The maximum Gasteiger partial charge on any atom is 0.265 e. The van der Waals surface area contributed by atoms with Crippen molar-refractivity contribution in [3.8, 4) is 5.75 Å². The van der Waals surface area contributed by atoms with Crippen LogP contribution in [0.1, 0.15) is 5.56 Å². The van der Waals surface area contributed by atoms with Crippen molar-refractivity contribution in [1.29, 1.82) is 0 Å². The lowest BCUT2D eigenvalue weighted by Crippen LogP contribution is -2.14. The summed E-state index contributed by atoms with van der Waals surface area (Å²) in [6.45, 7) is 1.65. The second-order valence-corrected chi connectivity index (χ2v) is 6.66. The minimum Gasteiger partial charge on any atom is -0.507 e. The van der Waals surface area contributed by atoms with Crippen molar-refractivity contribution in [2.24, 2.45) is 0 Å². The highest BCUT2D eigenvalue weighted by Gasteiger charge is 2.19. The smallest absolute Gasteiger partial charge is 0.265 e. The zero-order valence-electron chi connectivity index (χ0n) is 10.4. The van der Waals surface area contributed by atoms with Crippen LogP contribution in [-0.4, -0.2) is 13.5 Å². The summed E-state index contributed by atoms with van der Waals surface area (Å²) in [6, 6.07) is 8.09. The topological polar surface area (TPSA) is 66.4 Å². The molecule has 0 fully saturated rings. The summed E-state index contributed by atoms with van der Waals surface area (Å²) < 4.78 is 40.3. The number of halogens is 2. The molecule has 7 heteroatoms. The van der Waals surface area contributed by atoms with Crippen molar-refractivity contribution in [3.05, 3.63) is 52.3 Å². The zero-order valence-corrected chi connectivity index (χ0v) is 12.8. The number of aromatic hydroxyl groups is 1. The molecule has 0 saturated heterocycles. The first kappa shape index (κ1) is 14.8. The van der Waals surface area contributed by atoms with Crippen molar-refractivity contribution in [1.82, 2.24) is 0 Å². The van der Waals surface area contributed by atoms with E-state index in [1.807, 2.05) is 0 Å². The molecule has 0 aliphatic rings. The van der Waals surface area contributed by atoms with Gasteiger partial charge in [-0.2, -0.15) is 0 Å². The Kier molecular flexibility index (Phi) is 4.01. The number of para-hydroxylation sites is 1. The number of rotatable bonds is 3. The van der Waals surface area contributed by atoms with E-state index in [4.69, 9.17) is 0 Å². The number of aryl methyl sites for hydroxylation is 1. The molecular formula is C13H11BrFNO3S. The highest BCUT2D eigenvalue weighted by molar-refractivity contribution is 9.10. The lowest BCUT2D eigenvalue weighted by molar-refractivity contribution is 0.459. The standard InChI is InChI=1S/C13H11BrFNO3S/c1-8-6-9(14)10(15)7-11(8)16-20(18,19)13-5-3-2-4-12(13)17/h2-7,16-17H,1H3. The predicted octanol–water partition coefficient (Wildman–Crippen LogP) is 3.40. The summed E-state index contributed by atoms with van der Waals surface area (Å²) in [5.41, 5.74) is 0.672. The molecule has 106 valence electrons. The number of benzene rings is 2. The van der Waals surface area contributed by atoms with Gasteiger partial charge in [0.05, 0.1) is 10.2 Å². The van der Waals surface area contributed by atoms with Gasteiger partial charge in [0.15, 0.2) is 0 Å². The fraction of sp³-hybridized carbons (Fsp3) is 0.0769. The third kappa shape index (κ3) is 2.94. The Bertz CT molecular complexity index is 762. The van der Waals surface area contributed by atoms with Crippen LogP contribution in [-0.2, 0) is 10.0 Å². The maximum absolute atomic E-state index is 13.5. The number of phenols is 1. The third-order valence-electron chi connectivity index (χ3n) is 2.67. The van der Waals surface area contributed by atoms with E-state index in [2.05, 4.69) is 20.7 Å². The lowest BCUT2D eigenvalue weighted by atomic mass is 10.2. The van der Waals surface area contributed by atoms with Crippen molar-refractivity contribution in [2.75, 3.05) is 4.72 Å². The van der Waals surface area contributed by atoms with Crippen molar-refractivity contribution in [2.45, 2.75) is 11.8 Å². The first-order valence-corrected chi connectivity index (χ1v) is 7.85. The second kappa shape index (κ2) is 5.41. The Hall–Kier alpha value is -1.60. The summed E-state index contributed by atoms with van der Waals surface area (Å²) in [6.07, 6.45) is 0. The lowest BCUT2D eigenvalue weighted by Gasteiger charge is -2.12. The Balaban J connectivity index is 2.44. The largest absolute Gasteiger partial charge is 0.507 e. The van der Waals surface area contributed by atoms with Gasteiger partial charge >= 0.3 is 0 Å². The van der Waals surface area contributed by atoms with Gasteiger partial charge in [-0.05, 0) is 52.7 Å². The molecule has 0 aliphatic carbocycles. The Morgan fingerprint density at radius 2 is 1.90 bits per heavy atom. The molecule has 2 aromatic rings. The van der Waals surface area contributed by atoms with E-state index in [1.165, 1.54) is 30.3 Å².